The van der Waals surface area contributed by atoms with Crippen molar-refractivity contribution >= 4 is 28.9 Å². The van der Waals surface area contributed by atoms with Crippen molar-refractivity contribution in [1.82, 2.24) is 19.5 Å². The van der Waals surface area contributed by atoms with Crippen LogP contribution in [0.3, 0.4) is 0 Å². The number of benzene rings is 1. The lowest BCUT2D eigenvalue weighted by molar-refractivity contribution is -0.138. The van der Waals surface area contributed by atoms with Crippen LogP contribution in [0.4, 0.5) is 11.8 Å². The van der Waals surface area contributed by atoms with Crippen LogP contribution in [0.25, 0.3) is 11.2 Å². The minimum absolute atomic E-state index is 0.168. The predicted molar refractivity (Wildman–Crippen MR) is 105 cm³/mol. The molecule has 0 saturated carbocycles. The Morgan fingerprint density at radius 2 is 1.96 bits per heavy atom. The van der Waals surface area contributed by atoms with Crippen LogP contribution in [-0.4, -0.2) is 36.6 Å². The number of carboxylic acids is 1. The Balaban J connectivity index is 1.98. The first kappa shape index (κ1) is 18.6. The second-order valence-corrected chi connectivity index (χ2v) is 6.60. The van der Waals surface area contributed by atoms with Crippen LogP contribution in [0.5, 0.6) is 0 Å². The summed E-state index contributed by atoms with van der Waals surface area (Å²) in [5.41, 5.74) is 2.44. The number of carboxylic acid groups (broad SMARTS) is 1. The van der Waals surface area contributed by atoms with Gasteiger partial charge in [-0.1, -0.05) is 37.3 Å². The van der Waals surface area contributed by atoms with E-state index >= 15 is 0 Å². The largest absolute Gasteiger partial charge is 0.480 e. The van der Waals surface area contributed by atoms with E-state index in [-0.39, 0.29) is 12.0 Å². The van der Waals surface area contributed by atoms with E-state index < -0.39 is 12.0 Å². The summed E-state index contributed by atoms with van der Waals surface area (Å²) in [7, 11) is 0. The topological polar surface area (TPSA) is 105 Å². The number of aliphatic carboxylic acids is 1. The highest BCUT2D eigenvalue weighted by molar-refractivity contribution is 5.85. The van der Waals surface area contributed by atoms with Crippen LogP contribution in [0, 0.1) is 0 Å². The van der Waals surface area contributed by atoms with E-state index in [0.717, 1.165) is 5.56 Å². The van der Waals surface area contributed by atoms with Gasteiger partial charge in [0.15, 0.2) is 17.0 Å². The fourth-order valence-electron chi connectivity index (χ4n) is 2.76. The van der Waals surface area contributed by atoms with Crippen LogP contribution in [0.2, 0.25) is 0 Å². The lowest BCUT2D eigenvalue weighted by Gasteiger charge is -2.15. The SMILES string of the molecule is CCC(Nc1nc(NCc2ccccc2)c2ncn(C(C)C)c2n1)C(=O)O. The Morgan fingerprint density at radius 1 is 1.22 bits per heavy atom. The third-order valence-electron chi connectivity index (χ3n) is 4.29. The number of fused-ring (bicyclic) bond motifs is 1. The molecule has 0 aliphatic carbocycles. The van der Waals surface area contributed by atoms with Gasteiger partial charge in [0.25, 0.3) is 0 Å². The number of rotatable bonds is 8. The van der Waals surface area contributed by atoms with Gasteiger partial charge in [-0.05, 0) is 25.8 Å². The van der Waals surface area contributed by atoms with Crippen molar-refractivity contribution in [3.63, 3.8) is 0 Å². The number of nitrogens with one attached hydrogen (secondary N) is 2. The number of carbonyl (C=O) groups is 1. The first-order chi connectivity index (χ1) is 13.0. The monoisotopic (exact) mass is 368 g/mol. The summed E-state index contributed by atoms with van der Waals surface area (Å²) in [5, 5.41) is 15.5. The van der Waals surface area contributed by atoms with Crippen LogP contribution in [-0.2, 0) is 11.3 Å². The third-order valence-corrected chi connectivity index (χ3v) is 4.29. The number of nitrogens with zero attached hydrogens (tertiary/aromatic N) is 4. The summed E-state index contributed by atoms with van der Waals surface area (Å²) < 4.78 is 1.94. The molecular formula is C19H24N6O2. The van der Waals surface area contributed by atoms with Crippen molar-refractivity contribution in [2.45, 2.75) is 45.8 Å². The van der Waals surface area contributed by atoms with Gasteiger partial charge < -0.3 is 20.3 Å². The summed E-state index contributed by atoms with van der Waals surface area (Å²) >= 11 is 0. The fraction of sp³-hybridized carbons (Fsp3) is 0.368. The van der Waals surface area contributed by atoms with Gasteiger partial charge in [-0.15, -0.1) is 0 Å². The number of imidazole rings is 1. The Labute approximate surface area is 157 Å². The highest BCUT2D eigenvalue weighted by Crippen LogP contribution is 2.24. The molecule has 3 rings (SSSR count). The maximum absolute atomic E-state index is 11.4. The van der Waals surface area contributed by atoms with Crippen molar-refractivity contribution in [2.24, 2.45) is 0 Å². The minimum atomic E-state index is -0.933. The predicted octanol–water partition coefficient (Wildman–Crippen LogP) is 3.29. The van der Waals surface area contributed by atoms with Crippen LogP contribution in [0.15, 0.2) is 36.7 Å². The number of aromatic nitrogens is 4. The molecule has 2 heterocycles. The van der Waals surface area contributed by atoms with Gasteiger partial charge in [0.2, 0.25) is 5.95 Å². The maximum Gasteiger partial charge on any atom is 0.326 e. The average molecular weight is 368 g/mol. The van der Waals surface area contributed by atoms with E-state index in [2.05, 4.69) is 25.6 Å². The maximum atomic E-state index is 11.4. The summed E-state index contributed by atoms with van der Waals surface area (Å²) in [5.74, 6) is -0.0851. The number of hydrogen-bond acceptors (Lipinski definition) is 6. The van der Waals surface area contributed by atoms with Gasteiger partial charge in [-0.3, -0.25) is 0 Å². The van der Waals surface area contributed by atoms with Crippen molar-refractivity contribution in [1.29, 1.82) is 0 Å². The molecule has 27 heavy (non-hydrogen) atoms. The average Bonchev–Trinajstić information content (AvgIpc) is 3.09. The molecule has 1 atom stereocenters. The summed E-state index contributed by atoms with van der Waals surface area (Å²) in [6, 6.07) is 9.39. The standard InChI is InChI=1S/C19H24N6O2/c1-4-14(18(26)27)22-19-23-16(20-10-13-8-6-5-7-9-13)15-17(24-19)25(11-21-15)12(2)3/h5-9,11-12,14H,4,10H2,1-3H3,(H,26,27)(H2,20,22,23,24). The highest BCUT2D eigenvalue weighted by atomic mass is 16.4. The van der Waals surface area contributed by atoms with Crippen LogP contribution >= 0.6 is 0 Å². The molecule has 3 N–H and O–H groups in total. The molecule has 8 heteroatoms. The molecule has 0 radical (unpaired) electrons. The molecule has 0 bridgehead atoms. The third kappa shape index (κ3) is 4.16. The Kier molecular flexibility index (Phi) is 5.54. The molecule has 142 valence electrons. The zero-order valence-corrected chi connectivity index (χ0v) is 15.7. The lowest BCUT2D eigenvalue weighted by Crippen LogP contribution is -2.29. The van der Waals surface area contributed by atoms with Crippen molar-refractivity contribution in [3.05, 3.63) is 42.2 Å². The van der Waals surface area contributed by atoms with Gasteiger partial charge in [0.1, 0.15) is 6.04 Å². The molecule has 1 unspecified atom stereocenters. The second-order valence-electron chi connectivity index (χ2n) is 6.60. The second kappa shape index (κ2) is 8.03. The number of anilines is 2. The molecule has 0 amide bonds. The van der Waals surface area contributed by atoms with E-state index in [4.69, 9.17) is 0 Å². The molecule has 1 aromatic carbocycles. The minimum Gasteiger partial charge on any atom is -0.480 e. The number of hydrogen-bond donors (Lipinski definition) is 3. The lowest BCUT2D eigenvalue weighted by atomic mass is 10.2. The van der Waals surface area contributed by atoms with Gasteiger partial charge in [0, 0.05) is 12.6 Å². The van der Waals surface area contributed by atoms with Crippen LogP contribution < -0.4 is 10.6 Å². The smallest absolute Gasteiger partial charge is 0.326 e. The Hall–Kier alpha value is -3.16. The molecule has 2 aromatic heterocycles. The molecule has 0 spiro atoms. The first-order valence-corrected chi connectivity index (χ1v) is 9.01. The summed E-state index contributed by atoms with van der Waals surface area (Å²) in [6.07, 6.45) is 2.16. The zero-order chi connectivity index (χ0) is 19.4. The summed E-state index contributed by atoms with van der Waals surface area (Å²) in [6.45, 7) is 6.47. The van der Waals surface area contributed by atoms with Gasteiger partial charge in [-0.2, -0.15) is 9.97 Å². The highest BCUT2D eigenvalue weighted by Gasteiger charge is 2.19. The van der Waals surface area contributed by atoms with Crippen molar-refractivity contribution < 1.29 is 9.90 Å². The molecule has 0 fully saturated rings. The molecule has 3 aromatic rings. The van der Waals surface area contributed by atoms with Crippen molar-refractivity contribution in [3.8, 4) is 0 Å². The first-order valence-electron chi connectivity index (χ1n) is 9.01. The molecule has 0 aliphatic rings. The molecule has 8 nitrogen and oxygen atoms in total. The normalized spacial score (nSPS) is 12.3. The van der Waals surface area contributed by atoms with E-state index in [1.54, 1.807) is 13.3 Å². The summed E-state index contributed by atoms with van der Waals surface area (Å²) in [4.78, 5) is 24.8. The Bertz CT molecular complexity index is 923. The van der Waals surface area contributed by atoms with Gasteiger partial charge >= 0.3 is 5.97 Å². The van der Waals surface area contributed by atoms with E-state index in [0.29, 0.717) is 29.9 Å². The quantitative estimate of drug-likeness (QED) is 0.560. The fourth-order valence-corrected chi connectivity index (χ4v) is 2.76. The van der Waals surface area contributed by atoms with Crippen LogP contribution in [0.1, 0.15) is 38.8 Å². The molecule has 0 saturated heterocycles. The van der Waals surface area contributed by atoms with E-state index in [9.17, 15) is 9.90 Å². The molecular weight excluding hydrogens is 344 g/mol. The molecule has 0 aliphatic heterocycles. The van der Waals surface area contributed by atoms with E-state index in [1.165, 1.54) is 0 Å². The van der Waals surface area contributed by atoms with Gasteiger partial charge in [-0.25, -0.2) is 9.78 Å². The van der Waals surface area contributed by atoms with Gasteiger partial charge in [0.05, 0.1) is 6.33 Å². The van der Waals surface area contributed by atoms with E-state index in [1.807, 2.05) is 48.7 Å². The van der Waals surface area contributed by atoms with Crippen molar-refractivity contribution in [2.75, 3.05) is 10.6 Å². The zero-order valence-electron chi connectivity index (χ0n) is 15.7. The Morgan fingerprint density at radius 3 is 2.59 bits per heavy atom.